The van der Waals surface area contributed by atoms with Gasteiger partial charge >= 0.3 is 5.97 Å². The fraction of sp³-hybridized carbons (Fsp3) is 0.462. The second-order valence-corrected chi connectivity index (χ2v) is 5.20. The Bertz CT molecular complexity index is 478. The number of rotatable bonds is 5. The smallest absolute Gasteiger partial charge is 0.331 e. The molecule has 1 aliphatic rings. The first-order valence-corrected chi connectivity index (χ1v) is 6.76. The summed E-state index contributed by atoms with van der Waals surface area (Å²) in [7, 11) is 1.32. The lowest BCUT2D eigenvalue weighted by Crippen LogP contribution is -2.21. The van der Waals surface area contributed by atoms with Gasteiger partial charge < -0.3 is 19.9 Å². The number of halogens is 1. The standard InChI is InChI=1S/C13H16BrNO4/c1-17-12(16)7-18-6-11(15)10-5-9(14)4-8-2-3-19-13(8)10/h4-5,11H,2-3,6-7,15H2,1H3. The molecule has 0 fully saturated rings. The first-order valence-electron chi connectivity index (χ1n) is 5.97. The van der Waals surface area contributed by atoms with E-state index >= 15 is 0 Å². The Morgan fingerprint density at radius 3 is 3.11 bits per heavy atom. The van der Waals surface area contributed by atoms with Gasteiger partial charge in [-0.25, -0.2) is 4.79 Å². The van der Waals surface area contributed by atoms with Crippen molar-refractivity contribution in [3.05, 3.63) is 27.7 Å². The molecule has 0 aromatic heterocycles. The number of fused-ring (bicyclic) bond motifs is 1. The van der Waals surface area contributed by atoms with Gasteiger partial charge in [-0.3, -0.25) is 0 Å². The van der Waals surface area contributed by atoms with E-state index in [-0.39, 0.29) is 19.3 Å². The lowest BCUT2D eigenvalue weighted by molar-refractivity contribution is -0.146. The molecule has 104 valence electrons. The van der Waals surface area contributed by atoms with E-state index in [1.807, 2.05) is 12.1 Å². The molecule has 1 atom stereocenters. The maximum Gasteiger partial charge on any atom is 0.331 e. The second-order valence-electron chi connectivity index (χ2n) is 4.28. The zero-order valence-corrected chi connectivity index (χ0v) is 12.2. The molecule has 2 rings (SSSR count). The first kappa shape index (κ1) is 14.3. The van der Waals surface area contributed by atoms with Crippen LogP contribution in [-0.4, -0.2) is 32.9 Å². The van der Waals surface area contributed by atoms with Crippen LogP contribution in [0, 0.1) is 0 Å². The Morgan fingerprint density at radius 1 is 1.58 bits per heavy atom. The molecule has 1 aliphatic heterocycles. The molecular formula is C13H16BrNO4. The average molecular weight is 330 g/mol. The second kappa shape index (κ2) is 6.36. The van der Waals surface area contributed by atoms with Gasteiger partial charge in [-0.1, -0.05) is 15.9 Å². The lowest BCUT2D eigenvalue weighted by atomic mass is 10.0. The van der Waals surface area contributed by atoms with Crippen molar-refractivity contribution in [1.82, 2.24) is 0 Å². The van der Waals surface area contributed by atoms with Gasteiger partial charge in [-0.05, 0) is 17.7 Å². The molecule has 0 saturated carbocycles. The van der Waals surface area contributed by atoms with Crippen molar-refractivity contribution in [1.29, 1.82) is 0 Å². The molecule has 0 bridgehead atoms. The number of benzene rings is 1. The SMILES string of the molecule is COC(=O)COCC(N)c1cc(Br)cc2c1OCC2. The number of hydrogen-bond donors (Lipinski definition) is 1. The zero-order chi connectivity index (χ0) is 13.8. The summed E-state index contributed by atoms with van der Waals surface area (Å²) in [5.41, 5.74) is 8.13. The van der Waals surface area contributed by atoms with Crippen molar-refractivity contribution in [3.8, 4) is 5.75 Å². The van der Waals surface area contributed by atoms with Crippen molar-refractivity contribution >= 4 is 21.9 Å². The van der Waals surface area contributed by atoms with Gasteiger partial charge in [0.2, 0.25) is 0 Å². The highest BCUT2D eigenvalue weighted by atomic mass is 79.9. The van der Waals surface area contributed by atoms with Crippen molar-refractivity contribution < 1.29 is 19.0 Å². The van der Waals surface area contributed by atoms with E-state index in [0.29, 0.717) is 6.61 Å². The summed E-state index contributed by atoms with van der Waals surface area (Å²) in [6.45, 7) is 0.817. The highest BCUT2D eigenvalue weighted by Crippen LogP contribution is 2.35. The summed E-state index contributed by atoms with van der Waals surface area (Å²) in [6, 6.07) is 3.62. The molecule has 2 N–H and O–H groups in total. The van der Waals surface area contributed by atoms with Crippen LogP contribution in [0.2, 0.25) is 0 Å². The van der Waals surface area contributed by atoms with Crippen LogP contribution in [0.25, 0.3) is 0 Å². The van der Waals surface area contributed by atoms with Crippen LogP contribution >= 0.6 is 15.9 Å². The van der Waals surface area contributed by atoms with Crippen LogP contribution in [0.4, 0.5) is 0 Å². The molecule has 5 nitrogen and oxygen atoms in total. The molecule has 0 saturated heterocycles. The highest BCUT2D eigenvalue weighted by molar-refractivity contribution is 9.10. The number of ether oxygens (including phenoxy) is 3. The van der Waals surface area contributed by atoms with E-state index in [0.717, 1.165) is 27.8 Å². The van der Waals surface area contributed by atoms with Crippen LogP contribution in [-0.2, 0) is 20.7 Å². The Labute approximate surface area is 120 Å². The molecule has 6 heteroatoms. The molecule has 0 radical (unpaired) electrons. The van der Waals surface area contributed by atoms with Gasteiger partial charge in [0.15, 0.2) is 0 Å². The van der Waals surface area contributed by atoms with Crippen LogP contribution in [0.1, 0.15) is 17.2 Å². The Morgan fingerprint density at radius 2 is 2.37 bits per heavy atom. The topological polar surface area (TPSA) is 70.8 Å². The summed E-state index contributed by atoms with van der Waals surface area (Å²) in [6.07, 6.45) is 0.886. The van der Waals surface area contributed by atoms with E-state index in [4.69, 9.17) is 15.2 Å². The molecule has 0 aliphatic carbocycles. The number of methoxy groups -OCH3 is 1. The predicted octanol–water partition coefficient (Wildman–Crippen LogP) is 1.57. The Hall–Kier alpha value is -1.11. The number of carbonyl (C=O) groups excluding carboxylic acids is 1. The van der Waals surface area contributed by atoms with Crippen molar-refractivity contribution in [3.63, 3.8) is 0 Å². The molecule has 19 heavy (non-hydrogen) atoms. The Balaban J connectivity index is 2.03. The summed E-state index contributed by atoms with van der Waals surface area (Å²) in [5, 5.41) is 0. The first-order chi connectivity index (χ1) is 9.11. The van der Waals surface area contributed by atoms with Crippen LogP contribution in [0.3, 0.4) is 0 Å². The van der Waals surface area contributed by atoms with E-state index < -0.39 is 5.97 Å². The number of nitrogens with two attached hydrogens (primary N) is 1. The maximum absolute atomic E-state index is 11.0. The monoisotopic (exact) mass is 329 g/mol. The van der Waals surface area contributed by atoms with E-state index in [1.54, 1.807) is 0 Å². The van der Waals surface area contributed by atoms with Crippen LogP contribution < -0.4 is 10.5 Å². The van der Waals surface area contributed by atoms with Gasteiger partial charge in [-0.2, -0.15) is 0 Å². The van der Waals surface area contributed by atoms with E-state index in [2.05, 4.69) is 20.7 Å². The van der Waals surface area contributed by atoms with Gasteiger partial charge in [0.1, 0.15) is 12.4 Å². The van der Waals surface area contributed by atoms with Gasteiger partial charge in [0.25, 0.3) is 0 Å². The van der Waals surface area contributed by atoms with Gasteiger partial charge in [0.05, 0.1) is 26.4 Å². The third-order valence-corrected chi connectivity index (χ3v) is 3.38. The number of hydrogen-bond acceptors (Lipinski definition) is 5. The summed E-state index contributed by atoms with van der Waals surface area (Å²) in [5.74, 6) is 0.431. The van der Waals surface area contributed by atoms with Crippen molar-refractivity contribution in [2.45, 2.75) is 12.5 Å². The molecule has 0 spiro atoms. The normalized spacial score (nSPS) is 14.7. The van der Waals surface area contributed by atoms with Crippen molar-refractivity contribution in [2.75, 3.05) is 26.9 Å². The predicted molar refractivity (Wildman–Crippen MR) is 73.1 cm³/mol. The fourth-order valence-corrected chi connectivity index (χ4v) is 2.51. The molecule has 0 amide bonds. The quantitative estimate of drug-likeness (QED) is 0.830. The van der Waals surface area contributed by atoms with Gasteiger partial charge in [0, 0.05) is 16.5 Å². The molecular weight excluding hydrogens is 314 g/mol. The van der Waals surface area contributed by atoms with Crippen LogP contribution in [0.5, 0.6) is 5.75 Å². The minimum absolute atomic E-state index is 0.0960. The summed E-state index contributed by atoms with van der Waals surface area (Å²) >= 11 is 3.46. The fourth-order valence-electron chi connectivity index (χ4n) is 1.99. The number of carbonyl (C=O) groups is 1. The minimum atomic E-state index is -0.414. The Kier molecular flexibility index (Phi) is 4.79. The van der Waals surface area contributed by atoms with E-state index in [1.165, 1.54) is 7.11 Å². The molecule has 1 aromatic rings. The van der Waals surface area contributed by atoms with Crippen molar-refractivity contribution in [2.24, 2.45) is 5.73 Å². The highest BCUT2D eigenvalue weighted by Gasteiger charge is 2.21. The number of esters is 1. The third kappa shape index (κ3) is 3.46. The van der Waals surface area contributed by atoms with E-state index in [9.17, 15) is 4.79 Å². The summed E-state index contributed by atoms with van der Waals surface area (Å²) in [4.78, 5) is 11.0. The van der Waals surface area contributed by atoms with Gasteiger partial charge in [-0.15, -0.1) is 0 Å². The minimum Gasteiger partial charge on any atom is -0.493 e. The lowest BCUT2D eigenvalue weighted by Gasteiger charge is -2.16. The third-order valence-electron chi connectivity index (χ3n) is 2.92. The largest absolute Gasteiger partial charge is 0.493 e. The molecule has 1 aromatic carbocycles. The average Bonchev–Trinajstić information content (AvgIpc) is 2.85. The zero-order valence-electron chi connectivity index (χ0n) is 10.6. The maximum atomic E-state index is 11.0. The molecule has 1 heterocycles. The molecule has 1 unspecified atom stereocenters. The summed E-state index contributed by atoms with van der Waals surface area (Å²) < 4.78 is 16.3. The van der Waals surface area contributed by atoms with Crippen LogP contribution in [0.15, 0.2) is 16.6 Å².